The van der Waals surface area contributed by atoms with Crippen molar-refractivity contribution in [3.63, 3.8) is 0 Å². The van der Waals surface area contributed by atoms with Crippen LogP contribution >= 0.6 is 0 Å². The number of hydrogen-bond donors (Lipinski definition) is 3. The highest BCUT2D eigenvalue weighted by Gasteiger charge is 2.58. The molecule has 0 spiro atoms. The van der Waals surface area contributed by atoms with Crippen LogP contribution in [0.4, 0.5) is 0 Å². The third-order valence-electron chi connectivity index (χ3n) is 2.65. The van der Waals surface area contributed by atoms with Gasteiger partial charge in [0.25, 0.3) is 0 Å². The number of rotatable bonds is 0. The van der Waals surface area contributed by atoms with E-state index < -0.39 is 18.3 Å². The Hall–Kier alpha value is -0.160. The molecule has 3 N–H and O–H groups in total. The molecule has 1 aliphatic heterocycles. The van der Waals surface area contributed by atoms with Crippen LogP contribution in [0.2, 0.25) is 0 Å². The molecule has 0 radical (unpaired) electrons. The molecule has 1 aliphatic carbocycles. The number of fused-ring (bicyclic) bond motifs is 1. The normalized spacial score (nSPS) is 62.2. The van der Waals surface area contributed by atoms with Gasteiger partial charge in [-0.1, -0.05) is 6.92 Å². The first kappa shape index (κ1) is 7.49. The lowest BCUT2D eigenvalue weighted by Crippen LogP contribution is -2.50. The van der Waals surface area contributed by atoms with Crippen molar-refractivity contribution in [1.29, 1.82) is 0 Å². The third kappa shape index (κ3) is 0.906. The molecule has 2 fully saturated rings. The number of hydrogen-bond acceptors (Lipinski definition) is 4. The molecule has 1 saturated carbocycles. The summed E-state index contributed by atoms with van der Waals surface area (Å²) in [5.41, 5.74) is 0. The first-order valence-corrected chi connectivity index (χ1v) is 3.82. The maximum Gasteiger partial charge on any atom is 0.113 e. The second kappa shape index (κ2) is 2.17. The summed E-state index contributed by atoms with van der Waals surface area (Å²) in [6.45, 7) is 1.81. The van der Waals surface area contributed by atoms with Crippen LogP contribution < -0.4 is 0 Å². The third-order valence-corrected chi connectivity index (χ3v) is 2.65. The Bertz CT molecular complexity index is 154. The lowest BCUT2D eigenvalue weighted by molar-refractivity contribution is -0.0941. The summed E-state index contributed by atoms with van der Waals surface area (Å²) in [7, 11) is 0. The fourth-order valence-corrected chi connectivity index (χ4v) is 1.74. The molecular weight excluding hydrogens is 148 g/mol. The van der Waals surface area contributed by atoms with Crippen molar-refractivity contribution in [2.24, 2.45) is 5.92 Å². The van der Waals surface area contributed by atoms with Gasteiger partial charge in [0, 0.05) is 5.92 Å². The van der Waals surface area contributed by atoms with E-state index in [0.717, 1.165) is 0 Å². The first-order chi connectivity index (χ1) is 5.13. The van der Waals surface area contributed by atoms with Gasteiger partial charge >= 0.3 is 0 Å². The van der Waals surface area contributed by atoms with E-state index in [2.05, 4.69) is 0 Å². The summed E-state index contributed by atoms with van der Waals surface area (Å²) in [4.78, 5) is 0. The Labute approximate surface area is 64.4 Å². The Morgan fingerprint density at radius 2 is 1.55 bits per heavy atom. The van der Waals surface area contributed by atoms with Gasteiger partial charge in [-0.05, 0) is 0 Å². The minimum atomic E-state index is -1.05. The highest BCUT2D eigenvalue weighted by Crippen LogP contribution is 2.40. The molecule has 1 heterocycles. The van der Waals surface area contributed by atoms with E-state index in [0.29, 0.717) is 0 Å². The van der Waals surface area contributed by atoms with Crippen LogP contribution in [0.3, 0.4) is 0 Å². The van der Waals surface area contributed by atoms with Gasteiger partial charge in [-0.2, -0.15) is 0 Å². The van der Waals surface area contributed by atoms with Gasteiger partial charge in [0.15, 0.2) is 0 Å². The van der Waals surface area contributed by atoms with Crippen molar-refractivity contribution < 1.29 is 20.1 Å². The number of epoxide rings is 1. The molecule has 4 heteroatoms. The molecule has 0 amide bonds. The van der Waals surface area contributed by atoms with E-state index in [1.54, 1.807) is 0 Å². The van der Waals surface area contributed by atoms with E-state index in [1.807, 2.05) is 6.92 Å². The summed E-state index contributed by atoms with van der Waals surface area (Å²) in [5, 5.41) is 27.8. The van der Waals surface area contributed by atoms with Crippen molar-refractivity contribution in [2.75, 3.05) is 0 Å². The molecule has 0 aromatic carbocycles. The average molecular weight is 160 g/mol. The fourth-order valence-electron chi connectivity index (χ4n) is 1.74. The molecule has 1 saturated heterocycles. The first-order valence-electron chi connectivity index (χ1n) is 3.82. The van der Waals surface area contributed by atoms with Crippen LogP contribution in [-0.2, 0) is 4.74 Å². The molecule has 64 valence electrons. The maximum atomic E-state index is 9.32. The summed E-state index contributed by atoms with van der Waals surface area (Å²) in [5.74, 6) is -0.0709. The van der Waals surface area contributed by atoms with Gasteiger partial charge in [-0.3, -0.25) is 0 Å². The molecule has 0 aromatic rings. The molecule has 2 rings (SSSR count). The Morgan fingerprint density at radius 1 is 0.909 bits per heavy atom. The molecule has 4 nitrogen and oxygen atoms in total. The van der Waals surface area contributed by atoms with Gasteiger partial charge < -0.3 is 20.1 Å². The highest BCUT2D eigenvalue weighted by molar-refractivity contribution is 5.06. The molecule has 0 bridgehead atoms. The number of ether oxygens (including phenoxy) is 1. The standard InChI is InChI=1S/C7H12O4/c1-2-3(8)4(9)5(10)7-6(2)11-7/h2-10H,1H3. The zero-order valence-corrected chi connectivity index (χ0v) is 6.21. The summed E-state index contributed by atoms with van der Waals surface area (Å²) in [6.07, 6.45) is -3.11. The maximum absolute atomic E-state index is 9.32. The number of aliphatic hydroxyl groups is 3. The predicted octanol–water partition coefficient (Wildman–Crippen LogP) is -1.51. The minimum absolute atomic E-state index is 0.0524. The summed E-state index contributed by atoms with van der Waals surface area (Å²) >= 11 is 0. The quantitative estimate of drug-likeness (QED) is 0.376. The van der Waals surface area contributed by atoms with Crippen LogP contribution in [0.15, 0.2) is 0 Å². The summed E-state index contributed by atoms with van der Waals surface area (Å²) in [6, 6.07) is 0. The second-order valence-corrected chi connectivity index (χ2v) is 3.40. The minimum Gasteiger partial charge on any atom is -0.390 e. The molecular formula is C7H12O4. The SMILES string of the molecule is CC1C(O)C(O)C(O)C2OC12. The van der Waals surface area contributed by atoms with Crippen molar-refractivity contribution >= 4 is 0 Å². The van der Waals surface area contributed by atoms with Gasteiger partial charge in [-0.15, -0.1) is 0 Å². The molecule has 6 atom stereocenters. The lowest BCUT2D eigenvalue weighted by Gasteiger charge is -2.29. The second-order valence-electron chi connectivity index (χ2n) is 3.40. The van der Waals surface area contributed by atoms with Crippen LogP contribution in [0.1, 0.15) is 6.92 Å². The van der Waals surface area contributed by atoms with Crippen molar-refractivity contribution in [1.82, 2.24) is 0 Å². The van der Waals surface area contributed by atoms with E-state index in [1.165, 1.54) is 0 Å². The topological polar surface area (TPSA) is 73.2 Å². The van der Waals surface area contributed by atoms with E-state index in [-0.39, 0.29) is 18.1 Å². The van der Waals surface area contributed by atoms with E-state index >= 15 is 0 Å². The van der Waals surface area contributed by atoms with Crippen LogP contribution in [0.25, 0.3) is 0 Å². The molecule has 0 aromatic heterocycles. The van der Waals surface area contributed by atoms with Gasteiger partial charge in [0.2, 0.25) is 0 Å². The van der Waals surface area contributed by atoms with Crippen molar-refractivity contribution in [3.8, 4) is 0 Å². The predicted molar refractivity (Wildman–Crippen MR) is 35.8 cm³/mol. The Balaban J connectivity index is 2.13. The zero-order chi connectivity index (χ0) is 8.17. The largest absolute Gasteiger partial charge is 0.390 e. The van der Waals surface area contributed by atoms with E-state index in [4.69, 9.17) is 4.74 Å². The Morgan fingerprint density at radius 3 is 2.18 bits per heavy atom. The lowest BCUT2D eigenvalue weighted by atomic mass is 9.84. The molecule has 6 unspecified atom stereocenters. The average Bonchev–Trinajstić information content (AvgIpc) is 2.76. The smallest absolute Gasteiger partial charge is 0.113 e. The van der Waals surface area contributed by atoms with Crippen molar-refractivity contribution in [3.05, 3.63) is 0 Å². The Kier molecular flexibility index (Phi) is 1.47. The highest BCUT2D eigenvalue weighted by atomic mass is 16.6. The molecule has 2 aliphatic rings. The zero-order valence-electron chi connectivity index (χ0n) is 6.21. The fraction of sp³-hybridized carbons (Fsp3) is 1.00. The van der Waals surface area contributed by atoms with Crippen LogP contribution in [0, 0.1) is 5.92 Å². The van der Waals surface area contributed by atoms with Gasteiger partial charge in [-0.25, -0.2) is 0 Å². The van der Waals surface area contributed by atoms with Crippen LogP contribution in [0.5, 0.6) is 0 Å². The van der Waals surface area contributed by atoms with Crippen LogP contribution in [-0.4, -0.2) is 45.8 Å². The van der Waals surface area contributed by atoms with Gasteiger partial charge in [0.05, 0.1) is 12.2 Å². The van der Waals surface area contributed by atoms with Gasteiger partial charge in [0.1, 0.15) is 18.3 Å². The van der Waals surface area contributed by atoms with E-state index in [9.17, 15) is 15.3 Å². The number of aliphatic hydroxyl groups excluding tert-OH is 3. The molecule has 11 heavy (non-hydrogen) atoms. The monoisotopic (exact) mass is 160 g/mol. The van der Waals surface area contributed by atoms with Crippen molar-refractivity contribution in [2.45, 2.75) is 37.4 Å². The summed E-state index contributed by atoms with van der Waals surface area (Å²) < 4.78 is 5.07.